The molecule has 0 aromatic heterocycles. The molecule has 2 amide bonds. The van der Waals surface area contributed by atoms with Gasteiger partial charge in [-0.2, -0.15) is 0 Å². The number of aliphatic imine (C=N–C) groups is 1. The molecule has 32 heavy (non-hydrogen) atoms. The van der Waals surface area contributed by atoms with Crippen LogP contribution in [0.2, 0.25) is 0 Å². The number of hydrogen-bond acceptors (Lipinski definition) is 3. The van der Waals surface area contributed by atoms with Gasteiger partial charge in [-0.15, -0.1) is 0 Å². The van der Waals surface area contributed by atoms with Crippen molar-refractivity contribution in [2.24, 2.45) is 16.1 Å². The molecule has 0 spiro atoms. The van der Waals surface area contributed by atoms with Gasteiger partial charge >= 0.3 is 6.03 Å². The SMILES string of the molecule is CC[C@@H]1CC[C@H](NC(=O)NC(/C=C(\N)C(C)(C)C)=Nc2ccc(C)cc2)c2ccccc21. The number of carbonyl (C=O) groups is 1. The number of fused-ring (bicyclic) bond motifs is 1. The second kappa shape index (κ2) is 10.0. The van der Waals surface area contributed by atoms with E-state index >= 15 is 0 Å². The summed E-state index contributed by atoms with van der Waals surface area (Å²) in [7, 11) is 0. The summed E-state index contributed by atoms with van der Waals surface area (Å²) in [5, 5.41) is 6.09. The quantitative estimate of drug-likeness (QED) is 0.395. The van der Waals surface area contributed by atoms with Crippen molar-refractivity contribution in [1.29, 1.82) is 0 Å². The Hall–Kier alpha value is -3.08. The Bertz CT molecular complexity index is 999. The highest BCUT2D eigenvalue weighted by molar-refractivity contribution is 6.05. The van der Waals surface area contributed by atoms with Crippen LogP contribution < -0.4 is 16.4 Å². The smallest absolute Gasteiger partial charge is 0.320 e. The zero-order valence-electron chi connectivity index (χ0n) is 19.9. The van der Waals surface area contributed by atoms with E-state index in [-0.39, 0.29) is 17.5 Å². The molecule has 0 fully saturated rings. The Morgan fingerprint density at radius 3 is 2.38 bits per heavy atom. The van der Waals surface area contributed by atoms with Crippen molar-refractivity contribution in [3.63, 3.8) is 0 Å². The molecule has 2 atom stereocenters. The number of nitrogens with zero attached hydrogens (tertiary/aromatic N) is 1. The van der Waals surface area contributed by atoms with Gasteiger partial charge in [-0.05, 0) is 55.4 Å². The molecular formula is C27H36N4O. The lowest BCUT2D eigenvalue weighted by molar-refractivity contribution is 0.239. The van der Waals surface area contributed by atoms with Crippen LogP contribution in [0.1, 0.15) is 75.6 Å². The highest BCUT2D eigenvalue weighted by Gasteiger charge is 2.27. The zero-order valence-corrected chi connectivity index (χ0v) is 19.9. The fourth-order valence-electron chi connectivity index (χ4n) is 3.98. The molecular weight excluding hydrogens is 396 g/mol. The molecule has 0 bridgehead atoms. The number of hydrogen-bond donors (Lipinski definition) is 3. The molecule has 2 aromatic carbocycles. The second-order valence-electron chi connectivity index (χ2n) is 9.64. The molecule has 0 radical (unpaired) electrons. The number of amidine groups is 1. The maximum Gasteiger partial charge on any atom is 0.320 e. The summed E-state index contributed by atoms with van der Waals surface area (Å²) in [6.45, 7) is 10.4. The number of nitrogens with two attached hydrogens (primary N) is 1. The van der Waals surface area contributed by atoms with Crippen LogP contribution in [0.4, 0.5) is 10.5 Å². The lowest BCUT2D eigenvalue weighted by atomic mass is 9.79. The minimum absolute atomic E-state index is 0.0152. The Morgan fingerprint density at radius 1 is 1.09 bits per heavy atom. The summed E-state index contributed by atoms with van der Waals surface area (Å²) >= 11 is 0. The topological polar surface area (TPSA) is 79.5 Å². The largest absolute Gasteiger partial charge is 0.401 e. The third kappa shape index (κ3) is 6.00. The lowest BCUT2D eigenvalue weighted by Gasteiger charge is -2.31. The number of allylic oxidation sites excluding steroid dienone is 1. The van der Waals surface area contributed by atoms with Crippen molar-refractivity contribution in [2.75, 3.05) is 0 Å². The van der Waals surface area contributed by atoms with Gasteiger partial charge in [0.05, 0.1) is 11.7 Å². The summed E-state index contributed by atoms with van der Waals surface area (Å²) in [6.07, 6.45) is 4.86. The molecule has 5 nitrogen and oxygen atoms in total. The van der Waals surface area contributed by atoms with Crippen molar-refractivity contribution in [2.45, 2.75) is 65.8 Å². The highest BCUT2D eigenvalue weighted by Crippen LogP contribution is 2.38. The van der Waals surface area contributed by atoms with Gasteiger partial charge in [0.1, 0.15) is 5.84 Å². The predicted molar refractivity (Wildman–Crippen MR) is 133 cm³/mol. The van der Waals surface area contributed by atoms with E-state index in [1.807, 2.05) is 58.0 Å². The molecule has 2 aromatic rings. The summed E-state index contributed by atoms with van der Waals surface area (Å²) in [4.78, 5) is 17.6. The van der Waals surface area contributed by atoms with Gasteiger partial charge in [-0.3, -0.25) is 5.32 Å². The van der Waals surface area contributed by atoms with Crippen LogP contribution in [0.5, 0.6) is 0 Å². The second-order valence-corrected chi connectivity index (χ2v) is 9.64. The van der Waals surface area contributed by atoms with E-state index in [2.05, 4.69) is 40.7 Å². The first-order valence-corrected chi connectivity index (χ1v) is 11.5. The van der Waals surface area contributed by atoms with Crippen LogP contribution in [-0.4, -0.2) is 11.9 Å². The Kier molecular flexibility index (Phi) is 7.39. The molecule has 1 aliphatic rings. The van der Waals surface area contributed by atoms with Crippen LogP contribution in [0, 0.1) is 12.3 Å². The molecule has 170 valence electrons. The van der Waals surface area contributed by atoms with Crippen LogP contribution in [0.3, 0.4) is 0 Å². The van der Waals surface area contributed by atoms with Crippen LogP contribution in [0.25, 0.3) is 0 Å². The molecule has 1 aliphatic carbocycles. The molecule has 0 heterocycles. The van der Waals surface area contributed by atoms with Crippen LogP contribution >= 0.6 is 0 Å². The van der Waals surface area contributed by atoms with Crippen molar-refractivity contribution >= 4 is 17.6 Å². The molecule has 5 heteroatoms. The first kappa shape index (κ1) is 23.6. The molecule has 0 saturated heterocycles. The summed E-state index contributed by atoms with van der Waals surface area (Å²) in [5.41, 5.74) is 11.2. The van der Waals surface area contributed by atoms with Crippen LogP contribution in [-0.2, 0) is 0 Å². The molecule has 0 unspecified atom stereocenters. The molecule has 3 rings (SSSR count). The number of nitrogens with one attached hydrogen (secondary N) is 2. The Balaban J connectivity index is 1.82. The fourth-order valence-corrected chi connectivity index (χ4v) is 3.98. The normalized spacial score (nSPS) is 19.3. The Morgan fingerprint density at radius 2 is 1.75 bits per heavy atom. The van der Waals surface area contributed by atoms with Gasteiger partial charge in [-0.25, -0.2) is 9.79 Å². The van der Waals surface area contributed by atoms with Crippen molar-refractivity contribution in [3.8, 4) is 0 Å². The summed E-state index contributed by atoms with van der Waals surface area (Å²) in [6, 6.07) is 16.0. The molecule has 0 saturated carbocycles. The number of amides is 2. The van der Waals surface area contributed by atoms with E-state index in [4.69, 9.17) is 5.73 Å². The number of benzene rings is 2. The van der Waals surface area contributed by atoms with Crippen molar-refractivity contribution in [1.82, 2.24) is 10.6 Å². The van der Waals surface area contributed by atoms with Gasteiger partial charge in [0.15, 0.2) is 0 Å². The standard InChI is InChI=1S/C27H36N4O/c1-6-19-13-16-23(22-10-8-7-9-21(19)22)30-26(32)31-25(17-24(28)27(3,4)5)29-20-14-11-18(2)12-15-20/h7-12,14-15,17,19,23H,6,13,16,28H2,1-5H3,(H2,29,30,31,32)/b24-17-/t19-,23+/m1/s1. The van der Waals surface area contributed by atoms with Gasteiger partial charge in [0.25, 0.3) is 0 Å². The zero-order chi connectivity index (χ0) is 23.3. The van der Waals surface area contributed by atoms with Gasteiger partial charge < -0.3 is 11.1 Å². The van der Waals surface area contributed by atoms with E-state index < -0.39 is 0 Å². The first-order valence-electron chi connectivity index (χ1n) is 11.5. The third-order valence-corrected chi connectivity index (χ3v) is 6.10. The number of urea groups is 1. The van der Waals surface area contributed by atoms with E-state index in [9.17, 15) is 4.79 Å². The van der Waals surface area contributed by atoms with E-state index in [1.54, 1.807) is 6.08 Å². The molecule has 4 N–H and O–H groups in total. The minimum atomic E-state index is -0.274. The van der Waals surface area contributed by atoms with E-state index in [0.717, 1.165) is 30.5 Å². The molecule has 0 aliphatic heterocycles. The number of rotatable bonds is 4. The Labute approximate surface area is 192 Å². The van der Waals surface area contributed by atoms with Crippen LogP contribution in [0.15, 0.2) is 65.3 Å². The lowest BCUT2D eigenvalue weighted by Crippen LogP contribution is -2.42. The van der Waals surface area contributed by atoms with E-state index in [0.29, 0.717) is 17.5 Å². The van der Waals surface area contributed by atoms with E-state index in [1.165, 1.54) is 11.1 Å². The monoisotopic (exact) mass is 432 g/mol. The van der Waals surface area contributed by atoms with Gasteiger partial charge in [-0.1, -0.05) is 69.7 Å². The minimum Gasteiger partial charge on any atom is -0.401 e. The number of carbonyl (C=O) groups excluding carboxylic acids is 1. The highest BCUT2D eigenvalue weighted by atomic mass is 16.2. The average molecular weight is 433 g/mol. The summed E-state index contributed by atoms with van der Waals surface area (Å²) < 4.78 is 0. The summed E-state index contributed by atoms with van der Waals surface area (Å²) in [5.74, 6) is 0.981. The van der Waals surface area contributed by atoms with Gasteiger partial charge in [0, 0.05) is 17.2 Å². The van der Waals surface area contributed by atoms with Crippen molar-refractivity contribution < 1.29 is 4.79 Å². The van der Waals surface area contributed by atoms with Gasteiger partial charge in [0.2, 0.25) is 0 Å². The maximum absolute atomic E-state index is 13.0. The predicted octanol–water partition coefficient (Wildman–Crippen LogP) is 6.24. The van der Waals surface area contributed by atoms with Crippen molar-refractivity contribution in [3.05, 3.63) is 77.0 Å². The number of aryl methyl sites for hydroxylation is 1. The average Bonchev–Trinajstić information content (AvgIpc) is 2.75. The fraction of sp³-hybridized carbons (Fsp3) is 0.407. The maximum atomic E-state index is 13.0. The first-order chi connectivity index (χ1) is 15.2. The third-order valence-electron chi connectivity index (χ3n) is 6.10.